The van der Waals surface area contributed by atoms with Gasteiger partial charge in [-0.05, 0) is 30.3 Å². The molecule has 1 saturated heterocycles. The molecule has 0 radical (unpaired) electrons. The second kappa shape index (κ2) is 7.87. The summed E-state index contributed by atoms with van der Waals surface area (Å²) in [6, 6.07) is 9.94. The van der Waals surface area contributed by atoms with E-state index in [2.05, 4.69) is 0 Å². The van der Waals surface area contributed by atoms with Crippen molar-refractivity contribution in [3.05, 3.63) is 58.1 Å². The van der Waals surface area contributed by atoms with Crippen LogP contribution in [-0.2, 0) is 9.59 Å². The lowest BCUT2D eigenvalue weighted by molar-refractivity contribution is -0.384. The van der Waals surface area contributed by atoms with Gasteiger partial charge in [-0.2, -0.15) is 0 Å². The van der Waals surface area contributed by atoms with Gasteiger partial charge >= 0.3 is 5.97 Å². The summed E-state index contributed by atoms with van der Waals surface area (Å²) in [7, 11) is 1.35. The summed E-state index contributed by atoms with van der Waals surface area (Å²) < 4.78 is 10.5. The predicted molar refractivity (Wildman–Crippen MR) is 97.6 cm³/mol. The van der Waals surface area contributed by atoms with Crippen LogP contribution in [0.5, 0.6) is 11.5 Å². The number of rotatable bonds is 6. The van der Waals surface area contributed by atoms with Crippen LogP contribution < -0.4 is 14.4 Å². The van der Waals surface area contributed by atoms with Crippen LogP contribution in [-0.4, -0.2) is 36.7 Å². The molecule has 1 aliphatic rings. The van der Waals surface area contributed by atoms with Crippen molar-refractivity contribution in [2.75, 3.05) is 18.6 Å². The summed E-state index contributed by atoms with van der Waals surface area (Å²) in [6.07, 6.45) is 0.627. The van der Waals surface area contributed by atoms with Gasteiger partial charge < -0.3 is 14.4 Å². The molecule has 0 spiro atoms. The highest BCUT2D eigenvalue weighted by atomic mass is 16.6. The summed E-state index contributed by atoms with van der Waals surface area (Å²) in [5.41, 5.74) is 0.637. The Balaban J connectivity index is 1.74. The van der Waals surface area contributed by atoms with Crippen LogP contribution in [0.4, 0.5) is 11.4 Å². The second-order valence-corrected chi connectivity index (χ2v) is 6.13. The van der Waals surface area contributed by atoms with Gasteiger partial charge in [0.15, 0.2) is 0 Å². The number of aldehydes is 1. The molecule has 144 valence electrons. The lowest BCUT2D eigenvalue weighted by atomic mass is 10.1. The summed E-state index contributed by atoms with van der Waals surface area (Å²) >= 11 is 0. The van der Waals surface area contributed by atoms with E-state index in [1.54, 1.807) is 0 Å². The quantitative estimate of drug-likeness (QED) is 0.247. The van der Waals surface area contributed by atoms with E-state index in [0.29, 0.717) is 17.5 Å². The van der Waals surface area contributed by atoms with Crippen LogP contribution in [0.1, 0.15) is 16.8 Å². The zero-order chi connectivity index (χ0) is 20.3. The average Bonchev–Trinajstić information content (AvgIpc) is 3.09. The lowest BCUT2D eigenvalue weighted by Crippen LogP contribution is -2.27. The Morgan fingerprint density at radius 1 is 1.25 bits per heavy atom. The van der Waals surface area contributed by atoms with Crippen LogP contribution in [0.15, 0.2) is 42.5 Å². The van der Waals surface area contributed by atoms with Crippen molar-refractivity contribution in [2.45, 2.75) is 6.42 Å². The van der Waals surface area contributed by atoms with Gasteiger partial charge in [0.25, 0.3) is 5.69 Å². The summed E-state index contributed by atoms with van der Waals surface area (Å²) in [6.45, 7) is 0.0677. The zero-order valence-electron chi connectivity index (χ0n) is 14.9. The molecule has 1 amide bonds. The maximum absolute atomic E-state index is 12.4. The van der Waals surface area contributed by atoms with Crippen molar-refractivity contribution < 1.29 is 28.8 Å². The molecular weight excluding hydrogens is 368 g/mol. The van der Waals surface area contributed by atoms with E-state index in [1.807, 2.05) is 0 Å². The molecule has 0 saturated carbocycles. The Morgan fingerprint density at radius 2 is 1.96 bits per heavy atom. The van der Waals surface area contributed by atoms with Gasteiger partial charge in [0, 0.05) is 24.6 Å². The standard InChI is InChI=1S/C19H16N2O7/c1-27-17-9-14(21(25)26)4-7-16(17)20-10-13(8-18(20)23)19(24)28-15-5-2-12(11-22)3-6-15/h2-7,9,11,13H,8,10H2,1H3/t13-/m0/s1. The second-order valence-electron chi connectivity index (χ2n) is 6.13. The van der Waals surface area contributed by atoms with Gasteiger partial charge in [-0.25, -0.2) is 0 Å². The van der Waals surface area contributed by atoms with Crippen LogP contribution in [0.2, 0.25) is 0 Å². The summed E-state index contributed by atoms with van der Waals surface area (Å²) in [4.78, 5) is 47.2. The highest BCUT2D eigenvalue weighted by molar-refractivity contribution is 6.01. The number of hydrogen-bond donors (Lipinski definition) is 0. The minimum absolute atomic E-state index is 0.0502. The Labute approximate surface area is 159 Å². The number of anilines is 1. The minimum atomic E-state index is -0.696. The molecule has 2 aromatic rings. The van der Waals surface area contributed by atoms with E-state index < -0.39 is 16.8 Å². The molecule has 1 fully saturated rings. The third-order valence-electron chi connectivity index (χ3n) is 4.36. The topological polar surface area (TPSA) is 116 Å². The third kappa shape index (κ3) is 3.83. The van der Waals surface area contributed by atoms with Crippen LogP contribution >= 0.6 is 0 Å². The van der Waals surface area contributed by atoms with E-state index in [1.165, 1.54) is 54.5 Å². The number of esters is 1. The van der Waals surface area contributed by atoms with Crippen molar-refractivity contribution >= 4 is 29.5 Å². The first-order valence-corrected chi connectivity index (χ1v) is 8.32. The van der Waals surface area contributed by atoms with Gasteiger partial charge in [-0.15, -0.1) is 0 Å². The number of ether oxygens (including phenoxy) is 2. The largest absolute Gasteiger partial charge is 0.494 e. The molecule has 1 heterocycles. The predicted octanol–water partition coefficient (Wildman–Crippen LogP) is 2.37. The highest BCUT2D eigenvalue weighted by Gasteiger charge is 2.37. The molecule has 0 aliphatic carbocycles. The van der Waals surface area contributed by atoms with E-state index in [4.69, 9.17) is 9.47 Å². The van der Waals surface area contributed by atoms with Crippen molar-refractivity contribution in [3.8, 4) is 11.5 Å². The molecule has 1 aliphatic heterocycles. The first-order chi connectivity index (χ1) is 13.4. The fourth-order valence-electron chi connectivity index (χ4n) is 2.92. The number of nitro benzene ring substituents is 1. The van der Waals surface area contributed by atoms with Gasteiger partial charge in [-0.1, -0.05) is 0 Å². The smallest absolute Gasteiger partial charge is 0.316 e. The summed E-state index contributed by atoms with van der Waals surface area (Å²) in [5, 5.41) is 10.9. The van der Waals surface area contributed by atoms with Crippen LogP contribution in [0, 0.1) is 16.0 Å². The van der Waals surface area contributed by atoms with E-state index in [-0.39, 0.29) is 36.1 Å². The molecule has 0 unspecified atom stereocenters. The number of non-ortho nitro benzene ring substituents is 1. The Morgan fingerprint density at radius 3 is 2.57 bits per heavy atom. The van der Waals surface area contributed by atoms with Crippen molar-refractivity contribution in [1.29, 1.82) is 0 Å². The first-order valence-electron chi connectivity index (χ1n) is 8.32. The zero-order valence-corrected chi connectivity index (χ0v) is 14.9. The van der Waals surface area contributed by atoms with Gasteiger partial charge in [0.2, 0.25) is 5.91 Å². The fourth-order valence-corrected chi connectivity index (χ4v) is 2.92. The van der Waals surface area contributed by atoms with Gasteiger partial charge in [0.05, 0.1) is 29.7 Å². The third-order valence-corrected chi connectivity index (χ3v) is 4.36. The average molecular weight is 384 g/mol. The number of hydrogen-bond acceptors (Lipinski definition) is 7. The van der Waals surface area contributed by atoms with Crippen molar-refractivity contribution in [3.63, 3.8) is 0 Å². The summed E-state index contributed by atoms with van der Waals surface area (Å²) in [5.74, 6) is -1.14. The maximum atomic E-state index is 12.4. The molecule has 2 aromatic carbocycles. The first kappa shape index (κ1) is 19.0. The Kier molecular flexibility index (Phi) is 5.35. The highest BCUT2D eigenvalue weighted by Crippen LogP contribution is 2.36. The number of carbonyl (C=O) groups is 3. The molecule has 0 aromatic heterocycles. The van der Waals surface area contributed by atoms with E-state index in [9.17, 15) is 24.5 Å². The lowest BCUT2D eigenvalue weighted by Gasteiger charge is -2.19. The Bertz CT molecular complexity index is 940. The molecule has 1 atom stereocenters. The van der Waals surface area contributed by atoms with Crippen LogP contribution in [0.3, 0.4) is 0 Å². The van der Waals surface area contributed by atoms with Gasteiger partial charge in [0.1, 0.15) is 17.8 Å². The normalized spacial score (nSPS) is 16.0. The SMILES string of the molecule is COc1cc([N+](=O)[O-])ccc1N1C[C@@H](C(=O)Oc2ccc(C=O)cc2)CC1=O. The number of benzene rings is 2. The van der Waals surface area contributed by atoms with Crippen LogP contribution in [0.25, 0.3) is 0 Å². The number of nitrogens with zero attached hydrogens (tertiary/aromatic N) is 2. The molecule has 3 rings (SSSR count). The Hall–Kier alpha value is -3.75. The number of methoxy groups -OCH3 is 1. The molecule has 0 bridgehead atoms. The molecule has 9 heteroatoms. The van der Waals surface area contributed by atoms with Gasteiger partial charge in [-0.3, -0.25) is 24.5 Å². The number of amides is 1. The van der Waals surface area contributed by atoms with Crippen molar-refractivity contribution in [1.82, 2.24) is 0 Å². The van der Waals surface area contributed by atoms with Crippen molar-refractivity contribution in [2.24, 2.45) is 5.92 Å². The number of nitro groups is 1. The molecule has 28 heavy (non-hydrogen) atoms. The monoisotopic (exact) mass is 384 g/mol. The molecule has 0 N–H and O–H groups in total. The number of carbonyl (C=O) groups excluding carboxylic acids is 3. The van der Waals surface area contributed by atoms with E-state index >= 15 is 0 Å². The molecule has 9 nitrogen and oxygen atoms in total. The maximum Gasteiger partial charge on any atom is 0.316 e. The molecular formula is C19H16N2O7. The van der Waals surface area contributed by atoms with E-state index in [0.717, 1.165) is 0 Å². The minimum Gasteiger partial charge on any atom is -0.494 e. The fraction of sp³-hybridized carbons (Fsp3) is 0.211.